The lowest BCUT2D eigenvalue weighted by Crippen LogP contribution is -2.37. The van der Waals surface area contributed by atoms with E-state index in [1.807, 2.05) is 12.1 Å². The van der Waals surface area contributed by atoms with Crippen LogP contribution in [0.25, 0.3) is 0 Å². The Kier molecular flexibility index (Phi) is 4.74. The van der Waals surface area contributed by atoms with Crippen molar-refractivity contribution in [1.29, 1.82) is 0 Å². The van der Waals surface area contributed by atoms with Gasteiger partial charge in [-0.25, -0.2) is 0 Å². The number of phenolic OH excluding ortho intramolecular Hbond substituents is 1. The van der Waals surface area contributed by atoms with E-state index >= 15 is 0 Å². The van der Waals surface area contributed by atoms with Gasteiger partial charge >= 0.3 is 0 Å². The van der Waals surface area contributed by atoms with Gasteiger partial charge in [0.15, 0.2) is 0 Å². The highest BCUT2D eigenvalue weighted by molar-refractivity contribution is 5.29. The van der Waals surface area contributed by atoms with Gasteiger partial charge < -0.3 is 10.4 Å². The fourth-order valence-corrected chi connectivity index (χ4v) is 3.37. The van der Waals surface area contributed by atoms with Crippen LogP contribution in [0.1, 0.15) is 65.0 Å². The molecule has 0 spiro atoms. The van der Waals surface area contributed by atoms with Crippen molar-refractivity contribution in [2.45, 2.75) is 65.5 Å². The lowest BCUT2D eigenvalue weighted by atomic mass is 9.71. The van der Waals surface area contributed by atoms with Crippen molar-refractivity contribution in [2.75, 3.05) is 0 Å². The van der Waals surface area contributed by atoms with Gasteiger partial charge in [0.1, 0.15) is 5.75 Å². The zero-order chi connectivity index (χ0) is 14.8. The minimum Gasteiger partial charge on any atom is -0.508 e. The van der Waals surface area contributed by atoms with E-state index < -0.39 is 0 Å². The molecule has 112 valence electrons. The van der Waals surface area contributed by atoms with Crippen molar-refractivity contribution < 1.29 is 5.11 Å². The van der Waals surface area contributed by atoms with Crippen molar-refractivity contribution in [3.8, 4) is 5.75 Å². The van der Waals surface area contributed by atoms with Gasteiger partial charge in [-0.05, 0) is 61.6 Å². The molecule has 20 heavy (non-hydrogen) atoms. The molecule has 0 bridgehead atoms. The number of aromatic hydroxyl groups is 1. The molecule has 1 aliphatic rings. The van der Waals surface area contributed by atoms with Gasteiger partial charge in [0.25, 0.3) is 0 Å². The summed E-state index contributed by atoms with van der Waals surface area (Å²) in [4.78, 5) is 0. The smallest absolute Gasteiger partial charge is 0.115 e. The first-order valence-corrected chi connectivity index (χ1v) is 7.91. The van der Waals surface area contributed by atoms with Crippen molar-refractivity contribution in [3.63, 3.8) is 0 Å². The number of nitrogens with one attached hydrogen (secondary N) is 1. The maximum atomic E-state index is 9.56. The van der Waals surface area contributed by atoms with E-state index in [2.05, 4.69) is 39.1 Å². The first kappa shape index (κ1) is 15.4. The topological polar surface area (TPSA) is 32.3 Å². The monoisotopic (exact) mass is 275 g/mol. The van der Waals surface area contributed by atoms with Gasteiger partial charge in [-0.1, -0.05) is 32.9 Å². The molecule has 1 unspecified atom stereocenters. The Morgan fingerprint density at radius 3 is 2.35 bits per heavy atom. The van der Waals surface area contributed by atoms with Gasteiger partial charge in [-0.2, -0.15) is 0 Å². The number of benzene rings is 1. The van der Waals surface area contributed by atoms with Crippen LogP contribution in [-0.4, -0.2) is 11.1 Å². The summed E-state index contributed by atoms with van der Waals surface area (Å²) in [5.41, 5.74) is 1.62. The van der Waals surface area contributed by atoms with Crippen LogP contribution in [-0.2, 0) is 0 Å². The van der Waals surface area contributed by atoms with Crippen LogP contribution in [0.15, 0.2) is 24.3 Å². The van der Waals surface area contributed by atoms with Crippen molar-refractivity contribution in [2.24, 2.45) is 11.3 Å². The predicted octanol–water partition coefficient (Wildman–Crippen LogP) is 4.65. The molecule has 2 nitrogen and oxygen atoms in total. The molecular weight excluding hydrogens is 246 g/mol. The number of hydrogen-bond acceptors (Lipinski definition) is 2. The predicted molar refractivity (Wildman–Crippen MR) is 84.9 cm³/mol. The van der Waals surface area contributed by atoms with Gasteiger partial charge in [0, 0.05) is 12.1 Å². The highest BCUT2D eigenvalue weighted by Gasteiger charge is 2.30. The molecule has 1 aromatic rings. The van der Waals surface area contributed by atoms with E-state index in [9.17, 15) is 5.11 Å². The number of hydrogen-bond donors (Lipinski definition) is 2. The molecule has 0 saturated heterocycles. The summed E-state index contributed by atoms with van der Waals surface area (Å²) >= 11 is 0. The zero-order valence-electron chi connectivity index (χ0n) is 13.3. The minimum absolute atomic E-state index is 0.304. The van der Waals surface area contributed by atoms with Gasteiger partial charge in [0.2, 0.25) is 0 Å². The second kappa shape index (κ2) is 6.17. The quantitative estimate of drug-likeness (QED) is 0.841. The molecule has 0 heterocycles. The SMILES string of the molecule is CC(NC1CCC(C(C)(C)C)CC1)c1cccc(O)c1. The maximum Gasteiger partial charge on any atom is 0.115 e. The minimum atomic E-state index is 0.304. The third-order valence-corrected chi connectivity index (χ3v) is 4.81. The fraction of sp³-hybridized carbons (Fsp3) is 0.667. The fourth-order valence-electron chi connectivity index (χ4n) is 3.37. The Balaban J connectivity index is 1.86. The first-order chi connectivity index (χ1) is 9.36. The second-order valence-corrected chi connectivity index (χ2v) is 7.40. The summed E-state index contributed by atoms with van der Waals surface area (Å²) in [6.07, 6.45) is 5.19. The molecule has 1 atom stereocenters. The zero-order valence-corrected chi connectivity index (χ0v) is 13.3. The molecule has 1 aromatic carbocycles. The van der Waals surface area contributed by atoms with E-state index in [-0.39, 0.29) is 0 Å². The highest BCUT2D eigenvalue weighted by atomic mass is 16.3. The molecular formula is C18H29NO. The molecule has 1 aliphatic carbocycles. The molecule has 1 fully saturated rings. The Labute approximate surface area is 123 Å². The van der Waals surface area contributed by atoms with Crippen LogP contribution in [0.3, 0.4) is 0 Å². The van der Waals surface area contributed by atoms with E-state index in [0.717, 1.165) is 5.92 Å². The summed E-state index contributed by atoms with van der Waals surface area (Å²) in [5, 5.41) is 13.3. The van der Waals surface area contributed by atoms with E-state index in [1.165, 1.54) is 31.2 Å². The Morgan fingerprint density at radius 1 is 1.15 bits per heavy atom. The van der Waals surface area contributed by atoms with Crippen LogP contribution >= 0.6 is 0 Å². The van der Waals surface area contributed by atoms with Crippen molar-refractivity contribution >= 4 is 0 Å². The average Bonchev–Trinajstić information content (AvgIpc) is 2.38. The third kappa shape index (κ3) is 3.99. The molecule has 0 aromatic heterocycles. The molecule has 0 amide bonds. The van der Waals surface area contributed by atoms with Crippen molar-refractivity contribution in [1.82, 2.24) is 5.32 Å². The normalized spacial score (nSPS) is 25.4. The van der Waals surface area contributed by atoms with Crippen LogP contribution in [0.4, 0.5) is 0 Å². The summed E-state index contributed by atoms with van der Waals surface area (Å²) in [5.74, 6) is 1.21. The van der Waals surface area contributed by atoms with Gasteiger partial charge in [-0.15, -0.1) is 0 Å². The summed E-state index contributed by atoms with van der Waals surface area (Å²) in [6, 6.07) is 8.50. The Bertz CT molecular complexity index is 427. The third-order valence-electron chi connectivity index (χ3n) is 4.81. The second-order valence-electron chi connectivity index (χ2n) is 7.40. The Morgan fingerprint density at radius 2 is 1.80 bits per heavy atom. The van der Waals surface area contributed by atoms with E-state index in [1.54, 1.807) is 6.07 Å². The first-order valence-electron chi connectivity index (χ1n) is 7.91. The standard InChI is InChI=1S/C18H29NO/c1-13(14-6-5-7-17(20)12-14)19-16-10-8-15(9-11-16)18(2,3)4/h5-7,12-13,15-16,19-20H,8-11H2,1-4H3. The molecule has 1 saturated carbocycles. The van der Waals surface area contributed by atoms with Crippen LogP contribution in [0.5, 0.6) is 5.75 Å². The summed E-state index contributed by atoms with van der Waals surface area (Å²) in [6.45, 7) is 9.27. The van der Waals surface area contributed by atoms with Gasteiger partial charge in [0.05, 0.1) is 0 Å². The average molecular weight is 275 g/mol. The van der Waals surface area contributed by atoms with E-state index in [4.69, 9.17) is 0 Å². The van der Waals surface area contributed by atoms with Crippen molar-refractivity contribution in [3.05, 3.63) is 29.8 Å². The number of rotatable bonds is 3. The summed E-state index contributed by atoms with van der Waals surface area (Å²) < 4.78 is 0. The molecule has 2 heteroatoms. The highest BCUT2D eigenvalue weighted by Crippen LogP contribution is 2.38. The molecule has 2 rings (SSSR count). The van der Waals surface area contributed by atoms with Crippen LogP contribution in [0.2, 0.25) is 0 Å². The largest absolute Gasteiger partial charge is 0.508 e. The Hall–Kier alpha value is -1.02. The van der Waals surface area contributed by atoms with E-state index in [0.29, 0.717) is 23.2 Å². The molecule has 0 aliphatic heterocycles. The van der Waals surface area contributed by atoms with Gasteiger partial charge in [-0.3, -0.25) is 0 Å². The molecule has 0 radical (unpaired) electrons. The lowest BCUT2D eigenvalue weighted by Gasteiger charge is -2.38. The maximum absolute atomic E-state index is 9.56. The number of phenols is 1. The van der Waals surface area contributed by atoms with Crippen LogP contribution in [0, 0.1) is 11.3 Å². The molecule has 2 N–H and O–H groups in total. The summed E-state index contributed by atoms with van der Waals surface area (Å²) in [7, 11) is 0. The lowest BCUT2D eigenvalue weighted by molar-refractivity contribution is 0.157. The van der Waals surface area contributed by atoms with Crippen LogP contribution < -0.4 is 5.32 Å².